The summed E-state index contributed by atoms with van der Waals surface area (Å²) in [6, 6.07) is 0. The summed E-state index contributed by atoms with van der Waals surface area (Å²) in [5, 5.41) is 17.2. The van der Waals surface area contributed by atoms with Gasteiger partial charge in [-0.1, -0.05) is 4.32 Å². The first kappa shape index (κ1) is 21.6. The predicted molar refractivity (Wildman–Crippen MR) is 64.7 cm³/mol. The molecule has 0 aliphatic heterocycles. The largest absolute Gasteiger partial charge is 2.00 e. The second-order valence-corrected chi connectivity index (χ2v) is 3.46. The van der Waals surface area contributed by atoms with Crippen LogP contribution in [0.1, 0.15) is 13.8 Å². The van der Waals surface area contributed by atoms with Gasteiger partial charge in [-0.25, -0.2) is 4.79 Å². The maximum absolute atomic E-state index is 9.53. The van der Waals surface area contributed by atoms with Gasteiger partial charge >= 0.3 is 23.0 Å². The maximum atomic E-state index is 9.53. The third-order valence-corrected chi connectivity index (χ3v) is 1.90. The molecular weight excluding hydrogens is 314 g/mol. The van der Waals surface area contributed by atoms with Crippen LogP contribution >= 0.6 is 12.2 Å². The number of rotatable bonds is 4. The number of thiocarbonyl (C=S) groups is 1. The van der Waals surface area contributed by atoms with Crippen LogP contribution in [0.2, 0.25) is 0 Å². The van der Waals surface area contributed by atoms with Gasteiger partial charge in [0.2, 0.25) is 0 Å². The van der Waals surface area contributed by atoms with E-state index in [2.05, 4.69) is 0 Å². The molecule has 0 spiro atoms. The smallest absolute Gasteiger partial charge is 0.545 e. The molecule has 0 fully saturated rings. The molecule has 0 unspecified atom stereocenters. The predicted octanol–water partition coefficient (Wildman–Crippen LogP) is -0.465. The summed E-state index contributed by atoms with van der Waals surface area (Å²) in [6.07, 6.45) is 0.942. The van der Waals surface area contributed by atoms with Crippen LogP contribution in [0.25, 0.3) is 0 Å². The van der Waals surface area contributed by atoms with Crippen LogP contribution in [0, 0.1) is 0 Å². The molecule has 8 heteroatoms. The average Bonchev–Trinajstić information content (AvgIpc) is 2.17. The molecule has 0 aromatic carbocycles. The van der Waals surface area contributed by atoms with E-state index in [1.807, 2.05) is 18.7 Å². The van der Waals surface area contributed by atoms with Crippen molar-refractivity contribution in [3.63, 3.8) is 0 Å². The summed E-state index contributed by atoms with van der Waals surface area (Å²) < 4.78 is 0.579. The van der Waals surface area contributed by atoms with Crippen LogP contribution in [0.4, 0.5) is 0 Å². The standard InChI is InChI=1S/C5H11NS2.C4H4O4.Cu/c1-3-6(4-2)5(7)8;5-3(6)1-2-4(7)8;/h3-4H2,1-2H3,(H,7,8);1-2H,(H,5,6)(H,7,8);/q;;+2/p-2/b;2-1+;. The normalized spacial score (nSPS) is 8.59. The van der Waals surface area contributed by atoms with Gasteiger partial charge in [0.1, 0.15) is 0 Å². The summed E-state index contributed by atoms with van der Waals surface area (Å²) in [5.41, 5.74) is 0. The minimum atomic E-state index is -1.51. The first-order chi connectivity index (χ1) is 7.34. The topological polar surface area (TPSA) is 80.7 Å². The van der Waals surface area contributed by atoms with Crippen molar-refractivity contribution in [3.8, 4) is 0 Å². The molecule has 0 bridgehead atoms. The Morgan fingerprint density at radius 1 is 1.35 bits per heavy atom. The van der Waals surface area contributed by atoms with E-state index in [0.29, 0.717) is 16.5 Å². The Morgan fingerprint density at radius 2 is 1.76 bits per heavy atom. The molecule has 0 aromatic rings. The van der Waals surface area contributed by atoms with Crippen molar-refractivity contribution < 1.29 is 36.9 Å². The second kappa shape index (κ2) is 13.4. The van der Waals surface area contributed by atoms with Gasteiger partial charge < -0.3 is 44.8 Å². The summed E-state index contributed by atoms with van der Waals surface area (Å²) in [6.45, 7) is 5.95. The summed E-state index contributed by atoms with van der Waals surface area (Å²) in [4.78, 5) is 20.9. The Bertz CT molecular complexity index is 264. The molecule has 0 atom stereocenters. The second-order valence-electron chi connectivity index (χ2n) is 2.43. The molecule has 0 amide bonds. The number of carbonyl (C=O) groups is 2. The zero-order chi connectivity index (χ0) is 13.1. The number of hydrogen-bond donors (Lipinski definition) is 1. The minimum absolute atomic E-state index is 0. The average molecular weight is 327 g/mol. The molecule has 5 nitrogen and oxygen atoms in total. The first-order valence-corrected chi connectivity index (χ1v) is 5.24. The van der Waals surface area contributed by atoms with E-state index in [9.17, 15) is 14.7 Å². The van der Waals surface area contributed by atoms with Crippen molar-refractivity contribution in [3.05, 3.63) is 12.2 Å². The van der Waals surface area contributed by atoms with Crippen molar-refractivity contribution in [2.24, 2.45) is 0 Å². The summed E-state index contributed by atoms with van der Waals surface area (Å²) >= 11 is 9.51. The van der Waals surface area contributed by atoms with E-state index in [1.54, 1.807) is 0 Å². The molecule has 0 heterocycles. The van der Waals surface area contributed by atoms with Crippen molar-refractivity contribution in [2.45, 2.75) is 13.8 Å². The number of nitrogens with zero attached hydrogens (tertiary/aromatic N) is 1. The van der Waals surface area contributed by atoms with Gasteiger partial charge in [-0.2, -0.15) is 0 Å². The van der Waals surface area contributed by atoms with Gasteiger partial charge in [0.25, 0.3) is 0 Å². The van der Waals surface area contributed by atoms with Crippen LogP contribution in [0.3, 0.4) is 0 Å². The first-order valence-electron chi connectivity index (χ1n) is 4.43. The fourth-order valence-corrected chi connectivity index (χ4v) is 1.14. The molecule has 0 aliphatic carbocycles. The molecule has 17 heavy (non-hydrogen) atoms. The number of aliphatic carboxylic acids is 2. The Hall–Kier alpha value is -0.691. The monoisotopic (exact) mass is 326 g/mol. The quantitative estimate of drug-likeness (QED) is 0.324. The number of hydrogen-bond acceptors (Lipinski definition) is 5. The molecule has 101 valence electrons. The van der Waals surface area contributed by atoms with Crippen molar-refractivity contribution in [1.29, 1.82) is 0 Å². The van der Waals surface area contributed by atoms with Gasteiger partial charge in [-0.05, 0) is 19.9 Å². The van der Waals surface area contributed by atoms with Gasteiger partial charge in [0.15, 0.2) is 0 Å². The minimum Gasteiger partial charge on any atom is -0.545 e. The maximum Gasteiger partial charge on any atom is 2.00 e. The van der Waals surface area contributed by atoms with E-state index < -0.39 is 11.9 Å². The Balaban J connectivity index is -0.000000218. The Kier molecular flexibility index (Phi) is 17.0. The van der Waals surface area contributed by atoms with E-state index in [0.717, 1.165) is 13.1 Å². The van der Waals surface area contributed by atoms with E-state index in [1.165, 1.54) is 0 Å². The zero-order valence-electron chi connectivity index (χ0n) is 9.31. The molecule has 0 saturated heterocycles. The van der Waals surface area contributed by atoms with E-state index >= 15 is 0 Å². The number of carboxylic acids is 2. The molecule has 0 saturated carbocycles. The third kappa shape index (κ3) is 17.9. The number of carbonyl (C=O) groups excluding carboxylic acids is 1. The van der Waals surface area contributed by atoms with Gasteiger partial charge in [-0.3, -0.25) is 0 Å². The summed E-state index contributed by atoms with van der Waals surface area (Å²) in [5.74, 6) is -2.80. The Morgan fingerprint density at radius 3 is 1.82 bits per heavy atom. The molecular formula is C9H13CuNO4S2. The van der Waals surface area contributed by atoms with Crippen molar-refractivity contribution >= 4 is 41.1 Å². The molecule has 0 aliphatic rings. The van der Waals surface area contributed by atoms with Gasteiger partial charge in [-0.15, -0.1) is 0 Å². The van der Waals surface area contributed by atoms with E-state index in [-0.39, 0.29) is 17.1 Å². The van der Waals surface area contributed by atoms with Gasteiger partial charge in [0, 0.05) is 19.2 Å². The SMILES string of the molecule is CCN(CC)C(=S)[S-].O=C([O-])/C=C/C(=O)O.[Cu+2]. The van der Waals surface area contributed by atoms with Crippen LogP contribution in [-0.2, 0) is 39.3 Å². The summed E-state index contributed by atoms with van der Waals surface area (Å²) in [7, 11) is 0. The van der Waals surface area contributed by atoms with Gasteiger partial charge in [0.05, 0.1) is 5.97 Å². The van der Waals surface area contributed by atoms with Crippen LogP contribution < -0.4 is 5.11 Å². The fourth-order valence-electron chi connectivity index (χ4n) is 0.621. The zero-order valence-corrected chi connectivity index (χ0v) is 11.9. The fraction of sp³-hybridized carbons (Fsp3) is 0.444. The molecule has 0 aromatic heterocycles. The van der Waals surface area contributed by atoms with E-state index in [4.69, 9.17) is 30.0 Å². The van der Waals surface area contributed by atoms with Crippen molar-refractivity contribution in [2.75, 3.05) is 13.1 Å². The van der Waals surface area contributed by atoms with Crippen LogP contribution in [-0.4, -0.2) is 39.4 Å². The molecule has 0 rings (SSSR count). The number of carboxylic acid groups (broad SMARTS) is 2. The van der Waals surface area contributed by atoms with Crippen LogP contribution in [0.5, 0.6) is 0 Å². The Labute approximate surface area is 122 Å². The van der Waals surface area contributed by atoms with Crippen molar-refractivity contribution in [1.82, 2.24) is 4.90 Å². The molecule has 1 radical (unpaired) electrons. The van der Waals surface area contributed by atoms with Crippen LogP contribution in [0.15, 0.2) is 12.2 Å². The molecule has 1 N–H and O–H groups in total. The third-order valence-electron chi connectivity index (χ3n) is 1.38.